The molecule has 70 valence electrons. The summed E-state index contributed by atoms with van der Waals surface area (Å²) in [6, 6.07) is 5.33. The zero-order chi connectivity index (χ0) is 10.3. The van der Waals surface area contributed by atoms with Crippen molar-refractivity contribution in [3.05, 3.63) is 46.5 Å². The fraction of sp³-hybridized carbons (Fsp3) is 0.167. The number of allylic oxidation sites excluding steroid dienone is 2. The second-order valence-corrected chi connectivity index (χ2v) is 3.57. The van der Waals surface area contributed by atoms with E-state index >= 15 is 0 Å². The lowest BCUT2D eigenvalue weighted by molar-refractivity contribution is 0.0984. The lowest BCUT2D eigenvalue weighted by atomic mass is 9.89. The van der Waals surface area contributed by atoms with Gasteiger partial charge in [0.2, 0.25) is 0 Å². The molecule has 0 N–H and O–H groups in total. The minimum absolute atomic E-state index is 0.0386. The van der Waals surface area contributed by atoms with Gasteiger partial charge in [-0.3, -0.25) is 9.59 Å². The molecule has 2 rings (SSSR count). The number of ketones is 2. The van der Waals surface area contributed by atoms with Gasteiger partial charge in [0.1, 0.15) is 0 Å². The van der Waals surface area contributed by atoms with E-state index in [2.05, 4.69) is 0 Å². The summed E-state index contributed by atoms with van der Waals surface area (Å²) in [6.07, 6.45) is 1.40. The van der Waals surface area contributed by atoms with Crippen LogP contribution in [0.4, 0.5) is 0 Å². The Morgan fingerprint density at radius 1 is 1.00 bits per heavy atom. The number of rotatable bonds is 0. The van der Waals surface area contributed by atoms with Gasteiger partial charge in [-0.15, -0.1) is 0 Å². The molecule has 14 heavy (non-hydrogen) atoms. The summed E-state index contributed by atoms with van der Waals surface area (Å²) in [5.41, 5.74) is 2.58. The Bertz CT molecular complexity index is 467. The molecule has 0 saturated heterocycles. The van der Waals surface area contributed by atoms with Gasteiger partial charge in [0.25, 0.3) is 0 Å². The highest BCUT2D eigenvalue weighted by Crippen LogP contribution is 2.21. The van der Waals surface area contributed by atoms with Crippen LogP contribution in [0.1, 0.15) is 33.2 Å². The monoisotopic (exact) mass is 186 g/mol. The molecule has 0 amide bonds. The Morgan fingerprint density at radius 2 is 1.71 bits per heavy atom. The van der Waals surface area contributed by atoms with E-state index in [1.54, 1.807) is 19.1 Å². The van der Waals surface area contributed by atoms with Crippen LogP contribution in [0, 0.1) is 6.92 Å². The van der Waals surface area contributed by atoms with Crippen LogP contribution >= 0.6 is 0 Å². The van der Waals surface area contributed by atoms with Crippen LogP contribution in [0.25, 0.3) is 0 Å². The van der Waals surface area contributed by atoms with E-state index in [0.29, 0.717) is 16.7 Å². The van der Waals surface area contributed by atoms with Gasteiger partial charge in [-0.2, -0.15) is 0 Å². The Balaban J connectivity index is 2.69. The third-order valence-electron chi connectivity index (χ3n) is 2.39. The molecule has 0 atom stereocenters. The maximum Gasteiger partial charge on any atom is 0.189 e. The van der Waals surface area contributed by atoms with Crippen molar-refractivity contribution >= 4 is 11.6 Å². The van der Waals surface area contributed by atoms with E-state index in [9.17, 15) is 9.59 Å². The highest BCUT2D eigenvalue weighted by Gasteiger charge is 2.22. The zero-order valence-electron chi connectivity index (χ0n) is 8.13. The van der Waals surface area contributed by atoms with E-state index in [4.69, 9.17) is 0 Å². The smallest absolute Gasteiger partial charge is 0.189 e. The Morgan fingerprint density at radius 3 is 2.43 bits per heavy atom. The molecular formula is C12H10O2. The topological polar surface area (TPSA) is 34.1 Å². The van der Waals surface area contributed by atoms with Crippen LogP contribution in [0.5, 0.6) is 0 Å². The van der Waals surface area contributed by atoms with Crippen LogP contribution in [0.15, 0.2) is 29.8 Å². The highest BCUT2D eigenvalue weighted by molar-refractivity contribution is 6.24. The maximum absolute atomic E-state index is 11.7. The molecule has 0 spiro atoms. The third-order valence-corrected chi connectivity index (χ3v) is 2.39. The second-order valence-electron chi connectivity index (χ2n) is 3.57. The van der Waals surface area contributed by atoms with Crippen molar-refractivity contribution in [3.63, 3.8) is 0 Å². The molecule has 1 aliphatic carbocycles. The summed E-state index contributed by atoms with van der Waals surface area (Å²) < 4.78 is 0. The van der Waals surface area contributed by atoms with Crippen molar-refractivity contribution < 1.29 is 9.59 Å². The minimum atomic E-state index is -0.0721. The van der Waals surface area contributed by atoms with Crippen molar-refractivity contribution in [3.8, 4) is 0 Å². The van der Waals surface area contributed by atoms with Crippen LogP contribution in [0.2, 0.25) is 0 Å². The highest BCUT2D eigenvalue weighted by atomic mass is 16.1. The largest absolute Gasteiger partial charge is 0.289 e. The molecule has 0 heterocycles. The standard InChI is InChI=1S/C12H10O2/c1-7-3-4-9-10(5-7)12(14)8(2)6-11(9)13/h3-6H,1-2H3. The van der Waals surface area contributed by atoms with Crippen molar-refractivity contribution in [2.24, 2.45) is 0 Å². The number of carbonyl (C=O) groups excluding carboxylic acids is 2. The molecule has 0 unspecified atom stereocenters. The number of aryl methyl sites for hydroxylation is 1. The Hall–Kier alpha value is -1.70. The summed E-state index contributed by atoms with van der Waals surface area (Å²) in [6.45, 7) is 3.58. The minimum Gasteiger partial charge on any atom is -0.289 e. The van der Waals surface area contributed by atoms with Gasteiger partial charge in [-0.1, -0.05) is 17.7 Å². The van der Waals surface area contributed by atoms with E-state index in [0.717, 1.165) is 5.56 Å². The first-order valence-corrected chi connectivity index (χ1v) is 4.47. The summed E-state index contributed by atoms with van der Waals surface area (Å²) >= 11 is 0. The first-order chi connectivity index (χ1) is 6.59. The van der Waals surface area contributed by atoms with Gasteiger partial charge in [0.05, 0.1) is 0 Å². The molecule has 0 saturated carbocycles. The van der Waals surface area contributed by atoms with E-state index in [-0.39, 0.29) is 11.6 Å². The van der Waals surface area contributed by atoms with Gasteiger partial charge in [-0.25, -0.2) is 0 Å². The summed E-state index contributed by atoms with van der Waals surface area (Å²) in [5, 5.41) is 0. The molecule has 0 radical (unpaired) electrons. The Kier molecular flexibility index (Phi) is 1.84. The maximum atomic E-state index is 11.7. The van der Waals surface area contributed by atoms with Crippen molar-refractivity contribution in [2.45, 2.75) is 13.8 Å². The summed E-state index contributed by atoms with van der Waals surface area (Å²) in [4.78, 5) is 23.2. The first kappa shape index (κ1) is 8.88. The molecule has 1 aliphatic rings. The zero-order valence-corrected chi connectivity index (χ0v) is 8.13. The van der Waals surface area contributed by atoms with Crippen molar-refractivity contribution in [1.82, 2.24) is 0 Å². The number of carbonyl (C=O) groups is 2. The molecule has 2 heteroatoms. The quantitative estimate of drug-likeness (QED) is 0.623. The fourth-order valence-corrected chi connectivity index (χ4v) is 1.61. The van der Waals surface area contributed by atoms with Gasteiger partial charge in [0.15, 0.2) is 11.6 Å². The number of hydrogen-bond acceptors (Lipinski definition) is 2. The third kappa shape index (κ3) is 1.20. The van der Waals surface area contributed by atoms with Crippen LogP contribution in [0.3, 0.4) is 0 Å². The van der Waals surface area contributed by atoms with E-state index in [1.165, 1.54) is 6.08 Å². The normalized spacial score (nSPS) is 15.1. The lowest BCUT2D eigenvalue weighted by Gasteiger charge is -2.12. The number of Topliss-reactive ketones (excluding diaryl/α,β-unsaturated/α-hetero) is 1. The van der Waals surface area contributed by atoms with Gasteiger partial charge >= 0.3 is 0 Å². The van der Waals surface area contributed by atoms with Crippen LogP contribution in [-0.4, -0.2) is 11.6 Å². The van der Waals surface area contributed by atoms with E-state index in [1.807, 2.05) is 13.0 Å². The molecule has 0 bridgehead atoms. The molecule has 0 aliphatic heterocycles. The van der Waals surface area contributed by atoms with Crippen LogP contribution in [-0.2, 0) is 0 Å². The van der Waals surface area contributed by atoms with Gasteiger partial charge < -0.3 is 0 Å². The summed E-state index contributed by atoms with van der Waals surface area (Å²) in [5.74, 6) is -0.111. The average molecular weight is 186 g/mol. The first-order valence-electron chi connectivity index (χ1n) is 4.47. The number of fused-ring (bicyclic) bond motifs is 1. The second kappa shape index (κ2) is 2.91. The SMILES string of the molecule is CC1=CC(=O)c2ccc(C)cc2C1=O. The van der Waals surface area contributed by atoms with Crippen molar-refractivity contribution in [2.75, 3.05) is 0 Å². The molecule has 2 nitrogen and oxygen atoms in total. The predicted molar refractivity (Wildman–Crippen MR) is 53.6 cm³/mol. The summed E-state index contributed by atoms with van der Waals surface area (Å²) in [7, 11) is 0. The lowest BCUT2D eigenvalue weighted by Crippen LogP contribution is -2.15. The predicted octanol–water partition coefficient (Wildman–Crippen LogP) is 2.32. The molecule has 0 fully saturated rings. The number of hydrogen-bond donors (Lipinski definition) is 0. The molecule has 1 aromatic carbocycles. The Labute approximate surface area is 82.2 Å². The molecule has 1 aromatic rings. The van der Waals surface area contributed by atoms with Crippen molar-refractivity contribution in [1.29, 1.82) is 0 Å². The van der Waals surface area contributed by atoms with Crippen LogP contribution < -0.4 is 0 Å². The van der Waals surface area contributed by atoms with Gasteiger partial charge in [0, 0.05) is 16.7 Å². The fourth-order valence-electron chi connectivity index (χ4n) is 1.61. The molecular weight excluding hydrogens is 176 g/mol. The molecule has 0 aromatic heterocycles. The number of benzene rings is 1. The van der Waals surface area contributed by atoms with E-state index < -0.39 is 0 Å². The average Bonchev–Trinajstić information content (AvgIpc) is 2.14. The van der Waals surface area contributed by atoms with Gasteiger partial charge in [-0.05, 0) is 26.0 Å².